The third-order valence-corrected chi connectivity index (χ3v) is 3.29. The van der Waals surface area contributed by atoms with E-state index in [0.717, 1.165) is 25.9 Å². The van der Waals surface area contributed by atoms with Crippen molar-refractivity contribution in [2.45, 2.75) is 52.6 Å². The molecule has 1 amide bonds. The first-order valence-corrected chi connectivity index (χ1v) is 7.16. The van der Waals surface area contributed by atoms with E-state index in [1.807, 2.05) is 6.92 Å². The van der Waals surface area contributed by atoms with Gasteiger partial charge in [0, 0.05) is 13.1 Å². The number of hydrogen-bond acceptors (Lipinski definition) is 4. The molecule has 0 spiro atoms. The topological polar surface area (TPSA) is 55.8 Å². The molecule has 0 saturated carbocycles. The molecular weight excluding hydrogens is 246 g/mol. The van der Waals surface area contributed by atoms with E-state index in [1.54, 1.807) is 18.7 Å². The Morgan fingerprint density at radius 2 is 1.79 bits per heavy atom. The van der Waals surface area contributed by atoms with Gasteiger partial charge in [-0.3, -0.25) is 4.79 Å². The van der Waals surface area contributed by atoms with Crippen molar-refractivity contribution in [3.63, 3.8) is 0 Å². The van der Waals surface area contributed by atoms with E-state index < -0.39 is 0 Å². The van der Waals surface area contributed by atoms with Crippen LogP contribution in [0.1, 0.15) is 46.5 Å². The summed E-state index contributed by atoms with van der Waals surface area (Å²) in [5.74, 6) is -0.479. The summed E-state index contributed by atoms with van der Waals surface area (Å²) in [5.41, 5.74) is 0. The molecule has 0 radical (unpaired) electrons. The van der Waals surface area contributed by atoms with Crippen molar-refractivity contribution < 1.29 is 19.1 Å². The lowest BCUT2D eigenvalue weighted by Crippen LogP contribution is -2.38. The molecule has 110 valence electrons. The summed E-state index contributed by atoms with van der Waals surface area (Å²) >= 11 is 0. The summed E-state index contributed by atoms with van der Waals surface area (Å²) in [5, 5.41) is 0. The van der Waals surface area contributed by atoms with Gasteiger partial charge in [0.1, 0.15) is 6.10 Å². The van der Waals surface area contributed by atoms with Crippen molar-refractivity contribution in [2.75, 3.05) is 19.7 Å². The van der Waals surface area contributed by atoms with Crippen LogP contribution < -0.4 is 0 Å². The summed E-state index contributed by atoms with van der Waals surface area (Å²) in [6.45, 7) is 7.33. The van der Waals surface area contributed by atoms with Crippen LogP contribution in [0.4, 0.5) is 4.79 Å². The molecule has 1 aliphatic rings. The zero-order valence-corrected chi connectivity index (χ0v) is 12.2. The van der Waals surface area contributed by atoms with Gasteiger partial charge in [-0.15, -0.1) is 0 Å². The van der Waals surface area contributed by atoms with E-state index in [0.29, 0.717) is 13.0 Å². The molecule has 19 heavy (non-hydrogen) atoms. The highest BCUT2D eigenvalue weighted by atomic mass is 16.6. The van der Waals surface area contributed by atoms with Crippen LogP contribution >= 0.6 is 0 Å². The van der Waals surface area contributed by atoms with E-state index in [-0.39, 0.29) is 24.1 Å². The fourth-order valence-electron chi connectivity index (χ4n) is 2.25. The Labute approximate surface area is 115 Å². The molecule has 1 saturated heterocycles. The van der Waals surface area contributed by atoms with Gasteiger partial charge in [0.25, 0.3) is 0 Å². The van der Waals surface area contributed by atoms with Gasteiger partial charge in [0.2, 0.25) is 0 Å². The highest BCUT2D eigenvalue weighted by molar-refractivity contribution is 5.72. The van der Waals surface area contributed by atoms with Gasteiger partial charge >= 0.3 is 12.1 Å². The van der Waals surface area contributed by atoms with E-state index in [9.17, 15) is 9.59 Å². The summed E-state index contributed by atoms with van der Waals surface area (Å²) in [4.78, 5) is 25.1. The van der Waals surface area contributed by atoms with Gasteiger partial charge in [0.05, 0.1) is 12.5 Å². The molecule has 0 aromatic heterocycles. The van der Waals surface area contributed by atoms with Gasteiger partial charge in [-0.1, -0.05) is 6.92 Å². The first-order valence-electron chi connectivity index (χ1n) is 7.16. The van der Waals surface area contributed by atoms with Crippen LogP contribution in [0.25, 0.3) is 0 Å². The third kappa shape index (κ3) is 5.49. The third-order valence-electron chi connectivity index (χ3n) is 3.29. The number of likely N-dealkylation sites (tertiary alicyclic amines) is 1. The number of esters is 1. The number of nitrogens with zero attached hydrogens (tertiary/aromatic N) is 1. The number of ether oxygens (including phenoxy) is 2. The fourth-order valence-corrected chi connectivity index (χ4v) is 2.25. The molecule has 1 heterocycles. The highest BCUT2D eigenvalue weighted by Crippen LogP contribution is 2.14. The van der Waals surface area contributed by atoms with Crippen molar-refractivity contribution in [3.8, 4) is 0 Å². The second-order valence-corrected chi connectivity index (χ2v) is 5.13. The van der Waals surface area contributed by atoms with E-state index >= 15 is 0 Å². The Kier molecular flexibility index (Phi) is 6.67. The Bertz CT molecular complexity index is 300. The second-order valence-electron chi connectivity index (χ2n) is 5.13. The smallest absolute Gasteiger partial charge is 0.410 e. The number of carbonyl (C=O) groups is 2. The lowest BCUT2D eigenvalue weighted by Gasteiger charge is -2.27. The van der Waals surface area contributed by atoms with Crippen molar-refractivity contribution in [3.05, 3.63) is 0 Å². The van der Waals surface area contributed by atoms with Crippen LogP contribution in [-0.2, 0) is 14.3 Å². The molecule has 2 unspecified atom stereocenters. The largest absolute Gasteiger partial charge is 0.466 e. The van der Waals surface area contributed by atoms with E-state index in [1.165, 1.54) is 6.42 Å². The molecule has 0 N–H and O–H groups in total. The molecule has 0 aliphatic carbocycles. The Hall–Kier alpha value is -1.26. The zero-order valence-electron chi connectivity index (χ0n) is 12.2. The number of piperidine rings is 1. The minimum atomic E-state index is -0.270. The second kappa shape index (κ2) is 8.02. The lowest BCUT2D eigenvalue weighted by atomic mass is 10.1. The summed E-state index contributed by atoms with van der Waals surface area (Å²) in [6, 6.07) is 0. The van der Waals surface area contributed by atoms with Crippen LogP contribution in [0.2, 0.25) is 0 Å². The first-order chi connectivity index (χ1) is 9.04. The molecule has 1 fully saturated rings. The molecule has 0 bridgehead atoms. The summed E-state index contributed by atoms with van der Waals surface area (Å²) in [7, 11) is 0. The minimum Gasteiger partial charge on any atom is -0.466 e. The molecule has 5 heteroatoms. The molecular formula is C14H25NO4. The van der Waals surface area contributed by atoms with Gasteiger partial charge in [-0.2, -0.15) is 0 Å². The van der Waals surface area contributed by atoms with Crippen LogP contribution in [0.15, 0.2) is 0 Å². The van der Waals surface area contributed by atoms with Gasteiger partial charge < -0.3 is 14.4 Å². The first kappa shape index (κ1) is 15.8. The molecule has 1 aliphatic heterocycles. The van der Waals surface area contributed by atoms with Crippen LogP contribution in [0, 0.1) is 5.92 Å². The van der Waals surface area contributed by atoms with Gasteiger partial charge in [-0.25, -0.2) is 4.79 Å². The van der Waals surface area contributed by atoms with E-state index in [4.69, 9.17) is 9.47 Å². The highest BCUT2D eigenvalue weighted by Gasteiger charge is 2.23. The van der Waals surface area contributed by atoms with Crippen LogP contribution in [0.5, 0.6) is 0 Å². The Balaban J connectivity index is 2.31. The maximum atomic E-state index is 11.9. The standard InChI is InChI=1S/C14H25NO4/c1-4-18-13(16)11(2)10-12(3)19-14(17)15-8-6-5-7-9-15/h11-12H,4-10H2,1-3H3. The molecule has 5 nitrogen and oxygen atoms in total. The Morgan fingerprint density at radius 1 is 1.16 bits per heavy atom. The molecule has 0 aromatic carbocycles. The Morgan fingerprint density at radius 3 is 2.37 bits per heavy atom. The monoisotopic (exact) mass is 271 g/mol. The lowest BCUT2D eigenvalue weighted by molar-refractivity contribution is -0.148. The SMILES string of the molecule is CCOC(=O)C(C)CC(C)OC(=O)N1CCCCC1. The van der Waals surface area contributed by atoms with Crippen molar-refractivity contribution in [2.24, 2.45) is 5.92 Å². The average molecular weight is 271 g/mol. The molecule has 1 rings (SSSR count). The molecule has 2 atom stereocenters. The summed E-state index contributed by atoms with van der Waals surface area (Å²) in [6.07, 6.45) is 3.24. The molecule has 0 aromatic rings. The quantitative estimate of drug-likeness (QED) is 0.721. The van der Waals surface area contributed by atoms with Gasteiger partial charge in [0.15, 0.2) is 0 Å². The van der Waals surface area contributed by atoms with Crippen LogP contribution in [-0.4, -0.2) is 42.8 Å². The number of amides is 1. The van der Waals surface area contributed by atoms with Crippen molar-refractivity contribution in [1.29, 1.82) is 0 Å². The summed E-state index contributed by atoms with van der Waals surface area (Å²) < 4.78 is 10.3. The van der Waals surface area contributed by atoms with Crippen LogP contribution in [0.3, 0.4) is 0 Å². The fraction of sp³-hybridized carbons (Fsp3) is 0.857. The zero-order chi connectivity index (χ0) is 14.3. The van der Waals surface area contributed by atoms with Crippen molar-refractivity contribution in [1.82, 2.24) is 4.90 Å². The van der Waals surface area contributed by atoms with Gasteiger partial charge in [-0.05, 0) is 39.5 Å². The number of hydrogen-bond donors (Lipinski definition) is 0. The maximum absolute atomic E-state index is 11.9. The normalized spacial score (nSPS) is 18.6. The number of carbonyl (C=O) groups excluding carboxylic acids is 2. The maximum Gasteiger partial charge on any atom is 0.410 e. The van der Waals surface area contributed by atoms with Crippen molar-refractivity contribution >= 4 is 12.1 Å². The predicted octanol–water partition coefficient (Wildman–Crippen LogP) is 2.59. The number of rotatable bonds is 5. The minimum absolute atomic E-state index is 0.233. The van der Waals surface area contributed by atoms with E-state index in [2.05, 4.69) is 0 Å². The predicted molar refractivity (Wildman–Crippen MR) is 71.8 cm³/mol. The average Bonchev–Trinajstić information content (AvgIpc) is 2.39.